The third-order valence-electron chi connectivity index (χ3n) is 4.68. The summed E-state index contributed by atoms with van der Waals surface area (Å²) >= 11 is 1.74. The largest absolute Gasteiger partial charge is 0.355 e. The van der Waals surface area contributed by atoms with Gasteiger partial charge in [0.25, 0.3) is 0 Å². The van der Waals surface area contributed by atoms with E-state index < -0.39 is 0 Å². The minimum absolute atomic E-state index is 0.379. The summed E-state index contributed by atoms with van der Waals surface area (Å²) in [5, 5.41) is 2.09. The molecule has 3 heterocycles. The van der Waals surface area contributed by atoms with Gasteiger partial charge in [0.2, 0.25) is 0 Å². The van der Waals surface area contributed by atoms with Gasteiger partial charge in [-0.1, -0.05) is 6.42 Å². The van der Waals surface area contributed by atoms with Crippen LogP contribution in [0.15, 0.2) is 17.8 Å². The lowest BCUT2D eigenvalue weighted by atomic mass is 9.78. The molecule has 1 aliphatic heterocycles. The molecule has 3 atom stereocenters. The summed E-state index contributed by atoms with van der Waals surface area (Å²) in [7, 11) is 0. The number of hydrogen-bond donors (Lipinski definition) is 1. The molecule has 1 saturated carbocycles. The number of aromatic nitrogens is 2. The van der Waals surface area contributed by atoms with Crippen LogP contribution in [0.5, 0.6) is 0 Å². The summed E-state index contributed by atoms with van der Waals surface area (Å²) in [6, 6.07) is 2.45. The Bertz CT molecular complexity index is 596. The standard InChI is InChI=1S/C14H18N4S/c15-11-3-1-2-9-6-18(7-10(9)11)14-13-12(4-5-19-13)16-8-17-14/h4-5,8-11H,1-3,6-7,15H2. The van der Waals surface area contributed by atoms with Crippen molar-refractivity contribution in [3.8, 4) is 0 Å². The van der Waals surface area contributed by atoms with Crippen molar-refractivity contribution in [2.45, 2.75) is 25.3 Å². The molecule has 5 heteroatoms. The van der Waals surface area contributed by atoms with Gasteiger partial charge in [0, 0.05) is 19.1 Å². The zero-order valence-electron chi connectivity index (χ0n) is 10.8. The van der Waals surface area contributed by atoms with Crippen LogP contribution < -0.4 is 10.6 Å². The molecule has 1 saturated heterocycles. The van der Waals surface area contributed by atoms with E-state index in [1.165, 1.54) is 24.0 Å². The van der Waals surface area contributed by atoms with Crippen LogP contribution >= 0.6 is 11.3 Å². The average molecular weight is 274 g/mol. The highest BCUT2D eigenvalue weighted by atomic mass is 32.1. The normalized spacial score (nSPS) is 30.8. The molecule has 2 aromatic heterocycles. The molecule has 2 N–H and O–H groups in total. The Hall–Kier alpha value is -1.20. The second-order valence-electron chi connectivity index (χ2n) is 5.76. The molecule has 2 fully saturated rings. The maximum Gasteiger partial charge on any atom is 0.150 e. The molecular weight excluding hydrogens is 256 g/mol. The number of nitrogens with two attached hydrogens (primary N) is 1. The number of hydrogen-bond acceptors (Lipinski definition) is 5. The summed E-state index contributed by atoms with van der Waals surface area (Å²) in [6.45, 7) is 2.18. The molecule has 2 aliphatic rings. The Labute approximate surface area is 116 Å². The molecule has 0 radical (unpaired) electrons. The molecule has 0 aromatic carbocycles. The van der Waals surface area contributed by atoms with Crippen molar-refractivity contribution in [2.75, 3.05) is 18.0 Å². The second-order valence-corrected chi connectivity index (χ2v) is 6.67. The molecule has 0 amide bonds. The fourth-order valence-electron chi connectivity index (χ4n) is 3.69. The maximum absolute atomic E-state index is 6.30. The van der Waals surface area contributed by atoms with E-state index in [1.807, 2.05) is 0 Å². The third kappa shape index (κ3) is 1.83. The minimum Gasteiger partial charge on any atom is -0.355 e. The zero-order valence-corrected chi connectivity index (χ0v) is 11.6. The van der Waals surface area contributed by atoms with Crippen molar-refractivity contribution < 1.29 is 0 Å². The average Bonchev–Trinajstić information content (AvgIpc) is 3.05. The van der Waals surface area contributed by atoms with E-state index >= 15 is 0 Å². The van der Waals surface area contributed by atoms with Crippen LogP contribution in [0.4, 0.5) is 5.82 Å². The van der Waals surface area contributed by atoms with Crippen LogP contribution in [0, 0.1) is 11.8 Å². The highest BCUT2D eigenvalue weighted by Gasteiger charge is 2.39. The van der Waals surface area contributed by atoms with Crippen LogP contribution in [0.1, 0.15) is 19.3 Å². The van der Waals surface area contributed by atoms with Gasteiger partial charge in [-0.3, -0.25) is 0 Å². The molecule has 3 unspecified atom stereocenters. The van der Waals surface area contributed by atoms with Gasteiger partial charge in [0.15, 0.2) is 0 Å². The maximum atomic E-state index is 6.30. The molecule has 19 heavy (non-hydrogen) atoms. The van der Waals surface area contributed by atoms with Crippen LogP contribution in [0.2, 0.25) is 0 Å². The first-order valence-electron chi connectivity index (χ1n) is 7.01. The van der Waals surface area contributed by atoms with Crippen LogP contribution in [-0.2, 0) is 0 Å². The van der Waals surface area contributed by atoms with Crippen molar-refractivity contribution in [2.24, 2.45) is 17.6 Å². The quantitative estimate of drug-likeness (QED) is 0.866. The van der Waals surface area contributed by atoms with Gasteiger partial charge in [0.05, 0.1) is 10.2 Å². The SMILES string of the molecule is NC1CCCC2CN(c3ncnc4ccsc34)CC12. The lowest BCUT2D eigenvalue weighted by molar-refractivity contribution is 0.260. The van der Waals surface area contributed by atoms with Crippen LogP contribution in [0.25, 0.3) is 10.2 Å². The van der Waals surface area contributed by atoms with Crippen molar-refractivity contribution in [3.05, 3.63) is 17.8 Å². The topological polar surface area (TPSA) is 55.0 Å². The molecule has 1 aliphatic carbocycles. The van der Waals surface area contributed by atoms with Crippen LogP contribution in [-0.4, -0.2) is 29.1 Å². The van der Waals surface area contributed by atoms with Crippen molar-refractivity contribution in [1.29, 1.82) is 0 Å². The van der Waals surface area contributed by atoms with E-state index in [2.05, 4.69) is 26.3 Å². The smallest absolute Gasteiger partial charge is 0.150 e. The van der Waals surface area contributed by atoms with Gasteiger partial charge in [-0.15, -0.1) is 11.3 Å². The Morgan fingerprint density at radius 1 is 1.26 bits per heavy atom. The summed E-state index contributed by atoms with van der Waals surface area (Å²) in [4.78, 5) is 11.3. The Morgan fingerprint density at radius 3 is 3.11 bits per heavy atom. The van der Waals surface area contributed by atoms with E-state index in [4.69, 9.17) is 5.73 Å². The summed E-state index contributed by atoms with van der Waals surface area (Å²) in [5.74, 6) is 2.52. The summed E-state index contributed by atoms with van der Waals surface area (Å²) < 4.78 is 1.22. The molecule has 100 valence electrons. The third-order valence-corrected chi connectivity index (χ3v) is 5.58. The Kier molecular flexibility index (Phi) is 2.70. The Morgan fingerprint density at radius 2 is 2.21 bits per heavy atom. The summed E-state index contributed by atoms with van der Waals surface area (Å²) in [6.07, 6.45) is 5.49. The van der Waals surface area contributed by atoms with Gasteiger partial charge < -0.3 is 10.6 Å². The fraction of sp³-hybridized carbons (Fsp3) is 0.571. The van der Waals surface area contributed by atoms with E-state index in [0.29, 0.717) is 12.0 Å². The van der Waals surface area contributed by atoms with Crippen molar-refractivity contribution >= 4 is 27.4 Å². The van der Waals surface area contributed by atoms with E-state index in [0.717, 1.165) is 30.3 Å². The van der Waals surface area contributed by atoms with E-state index in [-0.39, 0.29) is 0 Å². The highest BCUT2D eigenvalue weighted by molar-refractivity contribution is 7.17. The van der Waals surface area contributed by atoms with Gasteiger partial charge in [-0.25, -0.2) is 9.97 Å². The first kappa shape index (κ1) is 11.6. The van der Waals surface area contributed by atoms with E-state index in [9.17, 15) is 0 Å². The minimum atomic E-state index is 0.379. The number of nitrogens with zero attached hydrogens (tertiary/aromatic N) is 3. The Balaban J connectivity index is 1.68. The van der Waals surface area contributed by atoms with Gasteiger partial charge in [0.1, 0.15) is 12.1 Å². The van der Waals surface area contributed by atoms with Gasteiger partial charge in [-0.05, 0) is 36.1 Å². The number of thiophene rings is 1. The molecule has 4 rings (SSSR count). The first-order valence-corrected chi connectivity index (χ1v) is 7.89. The molecule has 4 nitrogen and oxygen atoms in total. The van der Waals surface area contributed by atoms with E-state index in [1.54, 1.807) is 17.7 Å². The molecular formula is C14H18N4S. The number of fused-ring (bicyclic) bond motifs is 2. The van der Waals surface area contributed by atoms with Crippen molar-refractivity contribution in [3.63, 3.8) is 0 Å². The highest BCUT2D eigenvalue weighted by Crippen LogP contribution is 2.39. The van der Waals surface area contributed by atoms with Gasteiger partial charge >= 0.3 is 0 Å². The number of anilines is 1. The zero-order chi connectivity index (χ0) is 12.8. The van der Waals surface area contributed by atoms with Gasteiger partial charge in [-0.2, -0.15) is 0 Å². The second kappa shape index (κ2) is 4.42. The molecule has 0 spiro atoms. The monoisotopic (exact) mass is 274 g/mol. The lowest BCUT2D eigenvalue weighted by Gasteiger charge is -2.29. The van der Waals surface area contributed by atoms with Crippen molar-refractivity contribution in [1.82, 2.24) is 9.97 Å². The fourth-order valence-corrected chi connectivity index (χ4v) is 4.55. The molecule has 0 bridgehead atoms. The number of rotatable bonds is 1. The van der Waals surface area contributed by atoms with Crippen LogP contribution in [0.3, 0.4) is 0 Å². The predicted octanol–water partition coefficient (Wildman–Crippen LogP) is 2.25. The predicted molar refractivity (Wildman–Crippen MR) is 78.4 cm³/mol. The summed E-state index contributed by atoms with van der Waals surface area (Å²) in [5.41, 5.74) is 7.36. The lowest BCUT2D eigenvalue weighted by Crippen LogP contribution is -2.38. The first-order chi connectivity index (χ1) is 9.33. The molecule has 2 aromatic rings.